The van der Waals surface area contributed by atoms with Gasteiger partial charge < -0.3 is 15.0 Å². The Morgan fingerprint density at radius 3 is 2.83 bits per heavy atom. The van der Waals surface area contributed by atoms with E-state index in [0.29, 0.717) is 27.2 Å². The molecule has 1 amide bonds. The molecule has 0 radical (unpaired) electrons. The zero-order chi connectivity index (χ0) is 17.1. The molecule has 1 aromatic carbocycles. The van der Waals surface area contributed by atoms with Crippen LogP contribution >= 0.6 is 23.2 Å². The number of hydrogen-bond acceptors (Lipinski definition) is 4. The molecule has 0 saturated carbocycles. The van der Waals surface area contributed by atoms with E-state index in [1.807, 2.05) is 7.05 Å². The normalized spacial score (nSPS) is 16.9. The van der Waals surface area contributed by atoms with Crippen molar-refractivity contribution < 1.29 is 9.53 Å². The number of rotatable bonds is 4. The van der Waals surface area contributed by atoms with Crippen molar-refractivity contribution in [2.75, 3.05) is 20.1 Å². The number of benzene rings is 1. The zero-order valence-corrected chi connectivity index (χ0v) is 14.6. The maximum Gasteiger partial charge on any atom is 0.255 e. The van der Waals surface area contributed by atoms with Crippen LogP contribution in [0, 0.1) is 0 Å². The Kier molecular flexibility index (Phi) is 5.23. The molecule has 126 valence electrons. The molecule has 1 aliphatic heterocycles. The highest BCUT2D eigenvalue weighted by molar-refractivity contribution is 6.42. The molecular weight excluding hydrogens is 349 g/mol. The van der Waals surface area contributed by atoms with Crippen molar-refractivity contribution in [3.8, 4) is 11.6 Å². The summed E-state index contributed by atoms with van der Waals surface area (Å²) in [7, 11) is 1.82. The molecule has 0 unspecified atom stereocenters. The van der Waals surface area contributed by atoms with Crippen LogP contribution in [0.3, 0.4) is 0 Å². The van der Waals surface area contributed by atoms with E-state index < -0.39 is 0 Å². The number of aromatic nitrogens is 1. The van der Waals surface area contributed by atoms with Gasteiger partial charge in [0, 0.05) is 31.9 Å². The number of amides is 1. The Morgan fingerprint density at radius 2 is 2.17 bits per heavy atom. The molecule has 2 heterocycles. The smallest absolute Gasteiger partial charge is 0.255 e. The number of ether oxygens (including phenoxy) is 1. The maximum absolute atomic E-state index is 12.5. The first kappa shape index (κ1) is 17.0. The average Bonchev–Trinajstić information content (AvgIpc) is 3.13. The van der Waals surface area contributed by atoms with Crippen LogP contribution in [0.4, 0.5) is 0 Å². The third-order valence-corrected chi connectivity index (χ3v) is 4.82. The van der Waals surface area contributed by atoms with Gasteiger partial charge in [-0.25, -0.2) is 4.98 Å². The first-order chi connectivity index (χ1) is 11.6. The Morgan fingerprint density at radius 1 is 1.33 bits per heavy atom. The van der Waals surface area contributed by atoms with Crippen molar-refractivity contribution in [1.82, 2.24) is 15.2 Å². The van der Waals surface area contributed by atoms with Crippen molar-refractivity contribution in [1.29, 1.82) is 0 Å². The molecule has 3 rings (SSSR count). The van der Waals surface area contributed by atoms with Crippen LogP contribution in [0.5, 0.6) is 11.6 Å². The number of nitrogens with one attached hydrogen (secondary N) is 1. The van der Waals surface area contributed by atoms with Crippen molar-refractivity contribution in [2.24, 2.45) is 0 Å². The van der Waals surface area contributed by atoms with E-state index in [1.165, 1.54) is 6.20 Å². The summed E-state index contributed by atoms with van der Waals surface area (Å²) in [5.41, 5.74) is 0.522. The summed E-state index contributed by atoms with van der Waals surface area (Å²) in [6, 6.07) is 8.69. The summed E-state index contributed by atoms with van der Waals surface area (Å²) >= 11 is 12.0. The van der Waals surface area contributed by atoms with Crippen LogP contribution < -0.4 is 10.1 Å². The van der Waals surface area contributed by atoms with E-state index >= 15 is 0 Å². The van der Waals surface area contributed by atoms with E-state index in [1.54, 1.807) is 35.2 Å². The molecule has 5 nitrogen and oxygen atoms in total. The molecule has 0 bridgehead atoms. The van der Waals surface area contributed by atoms with Gasteiger partial charge in [0.1, 0.15) is 10.8 Å². The van der Waals surface area contributed by atoms with Crippen LogP contribution in [-0.2, 0) is 0 Å². The summed E-state index contributed by atoms with van der Waals surface area (Å²) < 4.78 is 5.62. The standard InChI is InChI=1S/C17H17Cl2N3O2/c1-22(12-7-8-20-10-12)17(23)11-5-6-15(21-9-11)24-14-4-2-3-13(18)16(14)19/h2-6,9,12,20H,7-8,10H2,1H3/t12-/m0/s1. The van der Waals surface area contributed by atoms with Gasteiger partial charge in [-0.1, -0.05) is 29.3 Å². The molecule has 2 aromatic rings. The third kappa shape index (κ3) is 3.64. The minimum absolute atomic E-state index is 0.0523. The highest BCUT2D eigenvalue weighted by atomic mass is 35.5. The lowest BCUT2D eigenvalue weighted by Crippen LogP contribution is -2.38. The summed E-state index contributed by atoms with van der Waals surface area (Å²) in [6.07, 6.45) is 2.47. The van der Waals surface area contributed by atoms with Gasteiger partial charge in [-0.2, -0.15) is 0 Å². The van der Waals surface area contributed by atoms with Crippen molar-refractivity contribution >= 4 is 29.1 Å². The predicted molar refractivity (Wildman–Crippen MR) is 94.1 cm³/mol. The van der Waals surface area contributed by atoms with Gasteiger partial charge in [0.25, 0.3) is 5.91 Å². The van der Waals surface area contributed by atoms with Crippen LogP contribution in [0.1, 0.15) is 16.8 Å². The monoisotopic (exact) mass is 365 g/mol. The lowest BCUT2D eigenvalue weighted by Gasteiger charge is -2.23. The van der Waals surface area contributed by atoms with Crippen molar-refractivity contribution in [2.45, 2.75) is 12.5 Å². The number of carbonyl (C=O) groups excluding carboxylic acids is 1. The predicted octanol–water partition coefficient (Wildman–Crippen LogP) is 3.61. The van der Waals surface area contributed by atoms with Gasteiger partial charge >= 0.3 is 0 Å². The number of carbonyl (C=O) groups is 1. The number of nitrogens with zero attached hydrogens (tertiary/aromatic N) is 2. The molecule has 1 aromatic heterocycles. The van der Waals surface area contributed by atoms with Crippen LogP contribution in [0.15, 0.2) is 36.5 Å². The van der Waals surface area contributed by atoms with Crippen LogP contribution in [0.25, 0.3) is 0 Å². The van der Waals surface area contributed by atoms with Crippen molar-refractivity contribution in [3.63, 3.8) is 0 Å². The molecule has 0 aliphatic carbocycles. The minimum Gasteiger partial charge on any atom is -0.437 e. The summed E-state index contributed by atoms with van der Waals surface area (Å²) in [5.74, 6) is 0.717. The number of likely N-dealkylation sites (N-methyl/N-ethyl adjacent to an activating group) is 1. The fourth-order valence-corrected chi connectivity index (χ4v) is 2.91. The summed E-state index contributed by atoms with van der Waals surface area (Å²) in [4.78, 5) is 18.4. The molecule has 1 aliphatic rings. The lowest BCUT2D eigenvalue weighted by molar-refractivity contribution is 0.0743. The van der Waals surface area contributed by atoms with Gasteiger partial charge in [0.2, 0.25) is 5.88 Å². The largest absolute Gasteiger partial charge is 0.437 e. The topological polar surface area (TPSA) is 54.5 Å². The molecule has 1 atom stereocenters. The summed E-state index contributed by atoms with van der Waals surface area (Å²) in [5, 5.41) is 3.99. The highest BCUT2D eigenvalue weighted by Gasteiger charge is 2.24. The molecular formula is C17H17Cl2N3O2. The second-order valence-corrected chi connectivity index (χ2v) is 6.39. The highest BCUT2D eigenvalue weighted by Crippen LogP contribution is 2.34. The van der Waals surface area contributed by atoms with E-state index in [0.717, 1.165) is 19.5 Å². The first-order valence-electron chi connectivity index (χ1n) is 7.62. The van der Waals surface area contributed by atoms with Gasteiger partial charge in [-0.05, 0) is 31.2 Å². The number of halogens is 2. The maximum atomic E-state index is 12.5. The van der Waals surface area contributed by atoms with E-state index in [-0.39, 0.29) is 11.9 Å². The zero-order valence-electron chi connectivity index (χ0n) is 13.1. The van der Waals surface area contributed by atoms with Crippen LogP contribution in [0.2, 0.25) is 10.0 Å². The Labute approximate surface area is 150 Å². The van der Waals surface area contributed by atoms with Gasteiger partial charge in [0.05, 0.1) is 10.6 Å². The fraction of sp³-hybridized carbons (Fsp3) is 0.294. The fourth-order valence-electron chi connectivity index (χ4n) is 2.58. The van der Waals surface area contributed by atoms with Crippen LogP contribution in [-0.4, -0.2) is 42.0 Å². The summed E-state index contributed by atoms with van der Waals surface area (Å²) in [6.45, 7) is 1.76. The minimum atomic E-state index is -0.0523. The molecule has 7 heteroatoms. The second-order valence-electron chi connectivity index (χ2n) is 5.60. The Hall–Kier alpha value is -1.82. The second kappa shape index (κ2) is 7.38. The van der Waals surface area contributed by atoms with Crippen molar-refractivity contribution in [3.05, 3.63) is 52.1 Å². The molecule has 24 heavy (non-hydrogen) atoms. The van der Waals surface area contributed by atoms with E-state index in [4.69, 9.17) is 27.9 Å². The Balaban J connectivity index is 1.71. The Bertz CT molecular complexity index is 731. The average molecular weight is 366 g/mol. The quantitative estimate of drug-likeness (QED) is 0.898. The molecule has 1 N–H and O–H groups in total. The molecule has 1 saturated heterocycles. The van der Waals surface area contributed by atoms with E-state index in [2.05, 4.69) is 10.3 Å². The lowest BCUT2D eigenvalue weighted by atomic mass is 10.2. The van der Waals surface area contributed by atoms with Gasteiger partial charge in [-0.3, -0.25) is 4.79 Å². The SMILES string of the molecule is CN(C(=O)c1ccc(Oc2cccc(Cl)c2Cl)nc1)[C@H]1CCNC1. The third-order valence-electron chi connectivity index (χ3n) is 4.02. The number of pyridine rings is 1. The molecule has 1 fully saturated rings. The van der Waals surface area contributed by atoms with Gasteiger partial charge in [0.15, 0.2) is 0 Å². The van der Waals surface area contributed by atoms with E-state index in [9.17, 15) is 4.79 Å². The first-order valence-corrected chi connectivity index (χ1v) is 8.37. The van der Waals surface area contributed by atoms with Gasteiger partial charge in [-0.15, -0.1) is 0 Å². The molecule has 0 spiro atoms. The number of hydrogen-bond donors (Lipinski definition) is 1.